The number of nitrogens with zero attached hydrogens (tertiary/aromatic N) is 4. The maximum Gasteiger partial charge on any atom is 0.244 e. The highest BCUT2D eigenvalue weighted by atomic mass is 32.2. The van der Waals surface area contributed by atoms with Crippen LogP contribution in [-0.4, -0.2) is 78.0 Å². The standard InChI is InChI=1S/C22H26N4O4S/c27-21-20-17-24(31(28,29)19-7-4-10-23-15-19)11-12-25(20)22(8-13-30-14-9-22)26(21)16-18-5-2-1-3-6-18/h1-7,10,15,20H,8-9,11-14,16-17H2/t20-/m1/s1. The van der Waals surface area contributed by atoms with Crippen molar-refractivity contribution >= 4 is 15.9 Å². The summed E-state index contributed by atoms with van der Waals surface area (Å²) in [4.78, 5) is 21.9. The zero-order chi connectivity index (χ0) is 21.5. The number of sulfonamides is 1. The van der Waals surface area contributed by atoms with E-state index in [0.29, 0.717) is 32.8 Å². The zero-order valence-corrected chi connectivity index (χ0v) is 18.1. The van der Waals surface area contributed by atoms with E-state index in [9.17, 15) is 13.2 Å². The Balaban J connectivity index is 1.45. The predicted molar refractivity (Wildman–Crippen MR) is 113 cm³/mol. The lowest BCUT2D eigenvalue weighted by atomic mass is 9.96. The van der Waals surface area contributed by atoms with Crippen LogP contribution in [0.1, 0.15) is 18.4 Å². The minimum Gasteiger partial charge on any atom is -0.381 e. The molecule has 3 aliphatic rings. The van der Waals surface area contributed by atoms with Gasteiger partial charge in [0.25, 0.3) is 0 Å². The molecule has 3 aliphatic heterocycles. The first-order valence-corrected chi connectivity index (χ1v) is 12.1. The summed E-state index contributed by atoms with van der Waals surface area (Å²) in [6.07, 6.45) is 4.38. The minimum absolute atomic E-state index is 0.00293. The van der Waals surface area contributed by atoms with Crippen LogP contribution < -0.4 is 0 Å². The van der Waals surface area contributed by atoms with Crippen molar-refractivity contribution in [2.45, 2.75) is 36.0 Å². The molecule has 164 valence electrons. The molecule has 0 N–H and O–H groups in total. The highest BCUT2D eigenvalue weighted by Gasteiger charge is 2.58. The van der Waals surface area contributed by atoms with Crippen molar-refractivity contribution < 1.29 is 17.9 Å². The topological polar surface area (TPSA) is 83.0 Å². The first kappa shape index (κ1) is 20.6. The van der Waals surface area contributed by atoms with Crippen LogP contribution in [-0.2, 0) is 26.1 Å². The van der Waals surface area contributed by atoms with E-state index in [4.69, 9.17) is 4.74 Å². The summed E-state index contributed by atoms with van der Waals surface area (Å²) in [7, 11) is -3.69. The molecule has 1 aromatic heterocycles. The molecule has 2 aromatic rings. The summed E-state index contributed by atoms with van der Waals surface area (Å²) in [6.45, 7) is 2.73. The predicted octanol–water partition coefficient (Wildman–Crippen LogP) is 1.31. The second kappa shape index (κ2) is 7.98. The van der Waals surface area contributed by atoms with Crippen molar-refractivity contribution in [3.63, 3.8) is 0 Å². The molecule has 0 bridgehead atoms. The quantitative estimate of drug-likeness (QED) is 0.710. The number of amides is 1. The lowest BCUT2D eigenvalue weighted by Gasteiger charge is -2.48. The van der Waals surface area contributed by atoms with Gasteiger partial charge < -0.3 is 9.64 Å². The molecule has 1 atom stereocenters. The third kappa shape index (κ3) is 3.45. The number of aromatic nitrogens is 1. The molecule has 0 aliphatic carbocycles. The monoisotopic (exact) mass is 442 g/mol. The Hall–Kier alpha value is -2.33. The molecule has 31 heavy (non-hydrogen) atoms. The van der Waals surface area contributed by atoms with Gasteiger partial charge in [-0.1, -0.05) is 30.3 Å². The van der Waals surface area contributed by atoms with Gasteiger partial charge in [-0.15, -0.1) is 0 Å². The summed E-state index contributed by atoms with van der Waals surface area (Å²) in [5, 5.41) is 0. The number of carbonyl (C=O) groups is 1. The van der Waals surface area contributed by atoms with Crippen LogP contribution >= 0.6 is 0 Å². The van der Waals surface area contributed by atoms with Crippen molar-refractivity contribution in [1.29, 1.82) is 0 Å². The van der Waals surface area contributed by atoms with Gasteiger partial charge in [-0.3, -0.25) is 14.7 Å². The SMILES string of the molecule is O=C1[C@H]2CN(S(=O)(=O)c3cccnc3)CCN2C2(CCOCC2)N1Cc1ccccc1. The molecule has 3 fully saturated rings. The third-order valence-corrected chi connectivity index (χ3v) is 8.53. The van der Waals surface area contributed by atoms with Gasteiger partial charge in [0.2, 0.25) is 15.9 Å². The Morgan fingerprint density at radius 3 is 2.55 bits per heavy atom. The van der Waals surface area contributed by atoms with Crippen molar-refractivity contribution in [3.05, 3.63) is 60.4 Å². The first-order chi connectivity index (χ1) is 15.0. The molecular weight excluding hydrogens is 416 g/mol. The highest BCUT2D eigenvalue weighted by molar-refractivity contribution is 7.89. The molecule has 1 aromatic carbocycles. The van der Waals surface area contributed by atoms with Gasteiger partial charge in [-0.25, -0.2) is 8.42 Å². The Labute approximate surface area is 182 Å². The molecule has 4 heterocycles. The van der Waals surface area contributed by atoms with Crippen LogP contribution in [0.2, 0.25) is 0 Å². The number of hydrogen-bond donors (Lipinski definition) is 0. The number of piperazine rings is 1. The van der Waals surface area contributed by atoms with E-state index in [1.165, 1.54) is 10.5 Å². The molecule has 1 amide bonds. The van der Waals surface area contributed by atoms with Crippen molar-refractivity contribution in [3.8, 4) is 0 Å². The van der Waals surface area contributed by atoms with Crippen molar-refractivity contribution in [2.75, 3.05) is 32.8 Å². The second-order valence-electron chi connectivity index (χ2n) is 8.27. The molecule has 9 heteroatoms. The number of carbonyl (C=O) groups excluding carboxylic acids is 1. The van der Waals surface area contributed by atoms with Gasteiger partial charge in [0.15, 0.2) is 0 Å². The van der Waals surface area contributed by atoms with Crippen LogP contribution in [0.15, 0.2) is 59.8 Å². The first-order valence-electron chi connectivity index (χ1n) is 10.6. The molecule has 1 spiro atoms. The molecule has 0 saturated carbocycles. The second-order valence-corrected chi connectivity index (χ2v) is 10.2. The average molecular weight is 443 g/mol. The Bertz CT molecular complexity index is 1040. The van der Waals surface area contributed by atoms with Gasteiger partial charge in [0, 0.05) is 51.4 Å². The molecule has 0 radical (unpaired) electrons. The molecule has 3 saturated heterocycles. The van der Waals surface area contributed by atoms with E-state index in [1.54, 1.807) is 18.3 Å². The Morgan fingerprint density at radius 2 is 1.84 bits per heavy atom. The van der Waals surface area contributed by atoms with Gasteiger partial charge >= 0.3 is 0 Å². The Kier molecular flexibility index (Phi) is 5.29. The highest BCUT2D eigenvalue weighted by Crippen LogP contribution is 2.42. The molecule has 8 nitrogen and oxygen atoms in total. The van der Waals surface area contributed by atoms with E-state index < -0.39 is 21.7 Å². The van der Waals surface area contributed by atoms with E-state index in [-0.39, 0.29) is 17.3 Å². The summed E-state index contributed by atoms with van der Waals surface area (Å²) in [5.41, 5.74) is 0.654. The van der Waals surface area contributed by atoms with Crippen molar-refractivity contribution in [2.24, 2.45) is 0 Å². The summed E-state index contributed by atoms with van der Waals surface area (Å²) in [6, 6.07) is 12.6. The number of hydrogen-bond acceptors (Lipinski definition) is 6. The normalized spacial score (nSPS) is 24.5. The fraction of sp³-hybridized carbons (Fsp3) is 0.455. The van der Waals surface area contributed by atoms with E-state index >= 15 is 0 Å². The van der Waals surface area contributed by atoms with Gasteiger partial charge in [0.1, 0.15) is 16.6 Å². The summed E-state index contributed by atoms with van der Waals surface area (Å²) < 4.78 is 33.3. The number of benzene rings is 1. The summed E-state index contributed by atoms with van der Waals surface area (Å²) in [5.74, 6) is -0.00293. The van der Waals surface area contributed by atoms with Crippen LogP contribution in [0, 0.1) is 0 Å². The fourth-order valence-corrected chi connectivity index (χ4v) is 6.52. The van der Waals surface area contributed by atoms with E-state index in [0.717, 1.165) is 18.4 Å². The number of pyridine rings is 1. The number of ether oxygens (including phenoxy) is 1. The van der Waals surface area contributed by atoms with E-state index in [2.05, 4.69) is 9.88 Å². The lowest BCUT2D eigenvalue weighted by molar-refractivity contribution is -0.137. The lowest BCUT2D eigenvalue weighted by Crippen LogP contribution is -2.62. The van der Waals surface area contributed by atoms with Crippen molar-refractivity contribution in [1.82, 2.24) is 19.1 Å². The van der Waals surface area contributed by atoms with Gasteiger partial charge in [-0.2, -0.15) is 4.31 Å². The molecular formula is C22H26N4O4S. The minimum atomic E-state index is -3.69. The summed E-state index contributed by atoms with van der Waals surface area (Å²) >= 11 is 0. The third-order valence-electron chi connectivity index (χ3n) is 6.68. The molecule has 0 unspecified atom stereocenters. The average Bonchev–Trinajstić information content (AvgIpc) is 3.03. The van der Waals surface area contributed by atoms with Crippen LogP contribution in [0.5, 0.6) is 0 Å². The Morgan fingerprint density at radius 1 is 1.06 bits per heavy atom. The van der Waals surface area contributed by atoms with Crippen LogP contribution in [0.4, 0.5) is 0 Å². The smallest absolute Gasteiger partial charge is 0.244 e. The number of rotatable bonds is 4. The maximum absolute atomic E-state index is 13.6. The fourth-order valence-electron chi connectivity index (χ4n) is 5.12. The van der Waals surface area contributed by atoms with Crippen LogP contribution in [0.3, 0.4) is 0 Å². The van der Waals surface area contributed by atoms with Crippen LogP contribution in [0.25, 0.3) is 0 Å². The van der Waals surface area contributed by atoms with Gasteiger partial charge in [0.05, 0.1) is 13.2 Å². The zero-order valence-electron chi connectivity index (χ0n) is 17.3. The van der Waals surface area contributed by atoms with Gasteiger partial charge in [-0.05, 0) is 17.7 Å². The maximum atomic E-state index is 13.6. The largest absolute Gasteiger partial charge is 0.381 e. The number of fused-ring (bicyclic) bond motifs is 2. The van der Waals surface area contributed by atoms with E-state index in [1.807, 2.05) is 35.2 Å². The molecule has 5 rings (SSSR count).